The van der Waals surface area contributed by atoms with Gasteiger partial charge in [0.2, 0.25) is 10.0 Å². The molecule has 1 aliphatic heterocycles. The third-order valence-corrected chi connectivity index (χ3v) is 7.66. The zero-order valence-electron chi connectivity index (χ0n) is 17.3. The maximum Gasteiger partial charge on any atom is 0.343 e. The van der Waals surface area contributed by atoms with Gasteiger partial charge < -0.3 is 4.74 Å². The highest BCUT2D eigenvalue weighted by Gasteiger charge is 2.30. The van der Waals surface area contributed by atoms with Gasteiger partial charge in [-0.1, -0.05) is 11.6 Å². The lowest BCUT2D eigenvalue weighted by atomic mass is 10.0. The van der Waals surface area contributed by atoms with Crippen molar-refractivity contribution in [3.63, 3.8) is 0 Å². The van der Waals surface area contributed by atoms with Crippen molar-refractivity contribution < 1.29 is 27.1 Å². The number of rotatable bonds is 6. The largest absolute Gasteiger partial charge is 0.423 e. The average molecular weight is 488 g/mol. The van der Waals surface area contributed by atoms with Crippen molar-refractivity contribution in [1.82, 2.24) is 4.31 Å². The molecule has 0 spiro atoms. The van der Waals surface area contributed by atoms with Crippen LogP contribution >= 0.6 is 11.6 Å². The molecule has 0 atom stereocenters. The molecule has 3 aromatic rings. The monoisotopic (exact) mass is 487 g/mol. The molecule has 0 aliphatic carbocycles. The van der Waals surface area contributed by atoms with Crippen molar-refractivity contribution in [2.75, 3.05) is 13.1 Å². The van der Waals surface area contributed by atoms with Crippen LogP contribution in [0.25, 0.3) is 0 Å². The van der Waals surface area contributed by atoms with Crippen LogP contribution in [0.5, 0.6) is 5.75 Å². The van der Waals surface area contributed by atoms with Crippen LogP contribution < -0.4 is 4.74 Å². The molecular weight excluding hydrogens is 469 g/mol. The summed E-state index contributed by atoms with van der Waals surface area (Å²) in [4.78, 5) is 25.0. The van der Waals surface area contributed by atoms with E-state index in [1.807, 2.05) is 0 Å². The Bertz CT molecular complexity index is 1300. The number of ether oxygens (including phenoxy) is 1. The number of halogens is 2. The van der Waals surface area contributed by atoms with E-state index in [-0.39, 0.29) is 27.0 Å². The van der Waals surface area contributed by atoms with E-state index in [4.69, 9.17) is 16.3 Å². The molecule has 0 radical (unpaired) electrons. The Hall–Kier alpha value is -3.07. The molecule has 1 aliphatic rings. The number of sulfonamides is 1. The van der Waals surface area contributed by atoms with Gasteiger partial charge in [0, 0.05) is 24.2 Å². The molecule has 0 aromatic heterocycles. The molecular formula is C24H19ClFNO5S. The molecule has 3 aromatic carbocycles. The Morgan fingerprint density at radius 1 is 0.848 bits per heavy atom. The molecule has 170 valence electrons. The Morgan fingerprint density at radius 2 is 1.39 bits per heavy atom. The molecule has 9 heteroatoms. The number of carbonyl (C=O) groups is 2. The first kappa shape index (κ1) is 23.1. The second-order valence-electron chi connectivity index (χ2n) is 7.51. The minimum absolute atomic E-state index is 0.0297. The Morgan fingerprint density at radius 3 is 2.00 bits per heavy atom. The van der Waals surface area contributed by atoms with Crippen molar-refractivity contribution in [3.8, 4) is 5.75 Å². The number of esters is 1. The second-order valence-corrected chi connectivity index (χ2v) is 9.82. The summed E-state index contributed by atoms with van der Waals surface area (Å²) in [5.74, 6) is -1.33. The molecule has 0 saturated carbocycles. The molecule has 6 nitrogen and oxygen atoms in total. The van der Waals surface area contributed by atoms with Crippen molar-refractivity contribution in [2.45, 2.75) is 17.7 Å². The van der Waals surface area contributed by atoms with E-state index in [1.54, 1.807) is 0 Å². The lowest BCUT2D eigenvalue weighted by Crippen LogP contribution is -2.28. The van der Waals surface area contributed by atoms with E-state index in [1.165, 1.54) is 71.0 Å². The Kier molecular flexibility index (Phi) is 6.60. The zero-order chi connectivity index (χ0) is 23.6. The number of hydrogen-bond acceptors (Lipinski definition) is 5. The van der Waals surface area contributed by atoms with E-state index in [0.29, 0.717) is 24.2 Å². The third kappa shape index (κ3) is 4.98. The molecule has 4 rings (SSSR count). The van der Waals surface area contributed by atoms with Gasteiger partial charge in [0.05, 0.1) is 10.6 Å². The number of hydrogen-bond donors (Lipinski definition) is 0. The van der Waals surface area contributed by atoms with Crippen molar-refractivity contribution in [3.05, 3.63) is 94.3 Å². The van der Waals surface area contributed by atoms with Gasteiger partial charge in [0.15, 0.2) is 5.78 Å². The summed E-state index contributed by atoms with van der Waals surface area (Å²) >= 11 is 6.12. The highest BCUT2D eigenvalue weighted by Crippen LogP contribution is 2.28. The first-order chi connectivity index (χ1) is 15.8. The van der Waals surface area contributed by atoms with E-state index in [9.17, 15) is 22.4 Å². The SMILES string of the molecule is O=C(Oc1ccc(C(=O)c2ccc(F)cc2)cc1)c1ccc(Cl)c(S(=O)(=O)N2CCCC2)c1. The lowest BCUT2D eigenvalue weighted by molar-refractivity contribution is 0.0734. The molecule has 1 saturated heterocycles. The summed E-state index contributed by atoms with van der Waals surface area (Å²) in [7, 11) is -3.81. The number of nitrogens with zero attached hydrogens (tertiary/aromatic N) is 1. The first-order valence-electron chi connectivity index (χ1n) is 10.2. The van der Waals surface area contributed by atoms with Gasteiger partial charge in [-0.2, -0.15) is 4.31 Å². The number of benzene rings is 3. The van der Waals surface area contributed by atoms with Gasteiger partial charge >= 0.3 is 5.97 Å². The molecule has 0 bridgehead atoms. The predicted octanol–water partition coefficient (Wildman–Crippen LogP) is 4.71. The summed E-state index contributed by atoms with van der Waals surface area (Å²) in [6, 6.07) is 15.0. The molecule has 33 heavy (non-hydrogen) atoms. The van der Waals surface area contributed by atoms with Crippen LogP contribution in [0.15, 0.2) is 71.6 Å². The Balaban J connectivity index is 1.50. The molecule has 1 fully saturated rings. The van der Waals surface area contributed by atoms with Gasteiger partial charge in [0.25, 0.3) is 0 Å². The van der Waals surface area contributed by atoms with Crippen molar-refractivity contribution in [1.29, 1.82) is 0 Å². The van der Waals surface area contributed by atoms with E-state index >= 15 is 0 Å². The summed E-state index contributed by atoms with van der Waals surface area (Å²) < 4.78 is 45.5. The summed E-state index contributed by atoms with van der Waals surface area (Å²) in [5.41, 5.74) is 0.699. The quantitative estimate of drug-likeness (QED) is 0.285. The van der Waals surface area contributed by atoms with E-state index in [0.717, 1.165) is 12.8 Å². The van der Waals surface area contributed by atoms with Crippen LogP contribution in [0.3, 0.4) is 0 Å². The highest BCUT2D eigenvalue weighted by atomic mass is 35.5. The standard InChI is InChI=1S/C24H19ClFNO5S/c25-21-12-7-18(15-22(21)33(30,31)27-13-1-2-14-27)24(29)32-20-10-5-17(6-11-20)23(28)16-3-8-19(26)9-4-16/h3-12,15H,1-2,13-14H2. The zero-order valence-corrected chi connectivity index (χ0v) is 18.9. The third-order valence-electron chi connectivity index (χ3n) is 5.28. The van der Waals surface area contributed by atoms with Crippen LogP contribution in [-0.4, -0.2) is 37.6 Å². The maximum atomic E-state index is 13.1. The second kappa shape index (κ2) is 9.43. The van der Waals surface area contributed by atoms with Gasteiger partial charge in [0.1, 0.15) is 16.5 Å². The smallest absolute Gasteiger partial charge is 0.343 e. The summed E-state index contributed by atoms with van der Waals surface area (Å²) in [6.45, 7) is 0.826. The lowest BCUT2D eigenvalue weighted by Gasteiger charge is -2.17. The van der Waals surface area contributed by atoms with Crippen LogP contribution in [0, 0.1) is 5.82 Å². The van der Waals surface area contributed by atoms with Crippen LogP contribution in [-0.2, 0) is 10.0 Å². The number of ketones is 1. The van der Waals surface area contributed by atoms with E-state index < -0.39 is 21.8 Å². The fourth-order valence-electron chi connectivity index (χ4n) is 3.50. The number of carbonyl (C=O) groups excluding carboxylic acids is 2. The van der Waals surface area contributed by atoms with Crippen molar-refractivity contribution >= 4 is 33.4 Å². The normalized spacial score (nSPS) is 14.2. The first-order valence-corrected chi connectivity index (χ1v) is 12.0. The van der Waals surface area contributed by atoms with Gasteiger partial charge in [-0.3, -0.25) is 4.79 Å². The van der Waals surface area contributed by atoms with Crippen LogP contribution in [0.2, 0.25) is 5.02 Å². The predicted molar refractivity (Wildman–Crippen MR) is 121 cm³/mol. The fraction of sp³-hybridized carbons (Fsp3) is 0.167. The Labute approximate surface area is 195 Å². The highest BCUT2D eigenvalue weighted by molar-refractivity contribution is 7.89. The van der Waals surface area contributed by atoms with Gasteiger partial charge in [-0.25, -0.2) is 17.6 Å². The van der Waals surface area contributed by atoms with Crippen LogP contribution in [0.4, 0.5) is 4.39 Å². The minimum Gasteiger partial charge on any atom is -0.423 e. The topological polar surface area (TPSA) is 80.8 Å². The minimum atomic E-state index is -3.81. The molecule has 0 unspecified atom stereocenters. The van der Waals surface area contributed by atoms with E-state index in [2.05, 4.69) is 0 Å². The molecule has 1 heterocycles. The van der Waals surface area contributed by atoms with Gasteiger partial charge in [-0.05, 0) is 79.6 Å². The molecule has 0 N–H and O–H groups in total. The summed E-state index contributed by atoms with van der Waals surface area (Å²) in [6.07, 6.45) is 1.55. The van der Waals surface area contributed by atoms with Gasteiger partial charge in [-0.15, -0.1) is 0 Å². The fourth-order valence-corrected chi connectivity index (χ4v) is 5.52. The maximum absolute atomic E-state index is 13.1. The summed E-state index contributed by atoms with van der Waals surface area (Å²) in [5, 5.41) is 0.0297. The molecule has 0 amide bonds. The van der Waals surface area contributed by atoms with Crippen molar-refractivity contribution in [2.24, 2.45) is 0 Å². The average Bonchev–Trinajstić information content (AvgIpc) is 3.36. The van der Waals surface area contributed by atoms with Crippen LogP contribution in [0.1, 0.15) is 39.1 Å².